The molecule has 1 heterocycles. The van der Waals surface area contributed by atoms with Crippen LogP contribution in [0, 0.1) is 20.8 Å². The lowest BCUT2D eigenvalue weighted by atomic mass is 10.1. The normalized spacial score (nSPS) is 10.4. The highest BCUT2D eigenvalue weighted by molar-refractivity contribution is 6.03. The molecule has 6 heteroatoms. The number of aryl methyl sites for hydroxylation is 3. The molecule has 0 saturated carbocycles. The number of amides is 1. The van der Waals surface area contributed by atoms with Gasteiger partial charge in [-0.1, -0.05) is 6.07 Å². The van der Waals surface area contributed by atoms with E-state index in [0.717, 1.165) is 11.3 Å². The van der Waals surface area contributed by atoms with Crippen LogP contribution in [0.5, 0.6) is 0 Å². The van der Waals surface area contributed by atoms with E-state index in [-0.39, 0.29) is 5.91 Å². The molecule has 122 valence electrons. The first-order valence-electron chi connectivity index (χ1n) is 7.46. The van der Waals surface area contributed by atoms with Gasteiger partial charge in [0.05, 0.1) is 6.61 Å². The lowest BCUT2D eigenvalue weighted by Crippen LogP contribution is -2.16. The van der Waals surface area contributed by atoms with Crippen LogP contribution in [-0.4, -0.2) is 36.1 Å². The van der Waals surface area contributed by atoms with Gasteiger partial charge in [-0.15, -0.1) is 0 Å². The Morgan fingerprint density at radius 1 is 1.13 bits per heavy atom. The number of aromatic nitrogens is 2. The van der Waals surface area contributed by atoms with Crippen LogP contribution in [0.4, 0.5) is 11.5 Å². The Hall–Kier alpha value is -2.47. The van der Waals surface area contributed by atoms with E-state index < -0.39 is 0 Å². The van der Waals surface area contributed by atoms with E-state index in [1.807, 2.05) is 32.0 Å². The number of nitrogens with one attached hydrogen (secondary N) is 2. The van der Waals surface area contributed by atoms with Crippen molar-refractivity contribution in [3.8, 4) is 0 Å². The van der Waals surface area contributed by atoms with Crippen molar-refractivity contribution in [3.05, 3.63) is 46.9 Å². The highest BCUT2D eigenvalue weighted by atomic mass is 16.5. The number of nitrogens with zero attached hydrogens (tertiary/aromatic N) is 2. The summed E-state index contributed by atoms with van der Waals surface area (Å²) in [6.07, 6.45) is 0. The second-order valence-corrected chi connectivity index (χ2v) is 5.36. The second-order valence-electron chi connectivity index (χ2n) is 5.36. The van der Waals surface area contributed by atoms with Crippen LogP contribution >= 0.6 is 0 Å². The Labute approximate surface area is 136 Å². The third-order valence-corrected chi connectivity index (χ3v) is 3.45. The Morgan fingerprint density at radius 3 is 2.61 bits per heavy atom. The number of hydrogen-bond donors (Lipinski definition) is 2. The standard InChI is InChI=1S/C17H22N4O2/c1-11-5-6-14(9-12(11)2)21-17(22)15-10-16(18-7-8-23-4)20-13(3)19-15/h5-6,9-10H,7-8H2,1-4H3,(H,21,22)(H,18,19,20). The fourth-order valence-corrected chi connectivity index (χ4v) is 2.07. The molecule has 23 heavy (non-hydrogen) atoms. The van der Waals surface area contributed by atoms with Gasteiger partial charge in [-0.3, -0.25) is 4.79 Å². The maximum atomic E-state index is 12.4. The minimum atomic E-state index is -0.256. The monoisotopic (exact) mass is 314 g/mol. The molecular weight excluding hydrogens is 292 g/mol. The lowest BCUT2D eigenvalue weighted by Gasteiger charge is -2.10. The molecule has 0 saturated heterocycles. The summed E-state index contributed by atoms with van der Waals surface area (Å²) in [6.45, 7) is 6.98. The van der Waals surface area contributed by atoms with Crippen LogP contribution in [0.25, 0.3) is 0 Å². The van der Waals surface area contributed by atoms with E-state index in [1.165, 1.54) is 5.56 Å². The van der Waals surface area contributed by atoms with Crippen molar-refractivity contribution >= 4 is 17.4 Å². The fourth-order valence-electron chi connectivity index (χ4n) is 2.07. The Kier molecular flexibility index (Phi) is 5.65. The van der Waals surface area contributed by atoms with Crippen molar-refractivity contribution < 1.29 is 9.53 Å². The maximum absolute atomic E-state index is 12.4. The summed E-state index contributed by atoms with van der Waals surface area (Å²) in [4.78, 5) is 20.9. The average molecular weight is 314 g/mol. The van der Waals surface area contributed by atoms with E-state index in [2.05, 4.69) is 20.6 Å². The summed E-state index contributed by atoms with van der Waals surface area (Å²) < 4.78 is 4.99. The minimum absolute atomic E-state index is 0.256. The molecule has 0 bridgehead atoms. The van der Waals surface area contributed by atoms with Gasteiger partial charge in [0.2, 0.25) is 0 Å². The highest BCUT2D eigenvalue weighted by Crippen LogP contribution is 2.15. The second kappa shape index (κ2) is 7.69. The molecular formula is C17H22N4O2. The number of carbonyl (C=O) groups excluding carboxylic acids is 1. The van der Waals surface area contributed by atoms with E-state index in [0.29, 0.717) is 30.5 Å². The smallest absolute Gasteiger partial charge is 0.274 e. The number of ether oxygens (including phenoxy) is 1. The van der Waals surface area contributed by atoms with Crippen molar-refractivity contribution in [2.24, 2.45) is 0 Å². The van der Waals surface area contributed by atoms with Gasteiger partial charge < -0.3 is 15.4 Å². The summed E-state index contributed by atoms with van der Waals surface area (Å²) in [7, 11) is 1.63. The van der Waals surface area contributed by atoms with Crippen molar-refractivity contribution in [2.45, 2.75) is 20.8 Å². The Bertz CT molecular complexity index is 701. The van der Waals surface area contributed by atoms with Crippen molar-refractivity contribution in [1.82, 2.24) is 9.97 Å². The van der Waals surface area contributed by atoms with Gasteiger partial charge in [0.25, 0.3) is 5.91 Å². The third kappa shape index (κ3) is 4.75. The topological polar surface area (TPSA) is 76.1 Å². The molecule has 1 aromatic heterocycles. The molecule has 1 aromatic carbocycles. The molecule has 6 nitrogen and oxygen atoms in total. The maximum Gasteiger partial charge on any atom is 0.274 e. The molecule has 0 aliphatic heterocycles. The van der Waals surface area contributed by atoms with E-state index in [9.17, 15) is 4.79 Å². The molecule has 2 rings (SSSR count). The van der Waals surface area contributed by atoms with Crippen molar-refractivity contribution in [1.29, 1.82) is 0 Å². The molecule has 0 unspecified atom stereocenters. The number of hydrogen-bond acceptors (Lipinski definition) is 5. The summed E-state index contributed by atoms with van der Waals surface area (Å²) in [5, 5.41) is 5.97. The summed E-state index contributed by atoms with van der Waals surface area (Å²) in [5.74, 6) is 0.894. The highest BCUT2D eigenvalue weighted by Gasteiger charge is 2.11. The third-order valence-electron chi connectivity index (χ3n) is 3.45. The number of carbonyl (C=O) groups is 1. The van der Waals surface area contributed by atoms with Gasteiger partial charge in [-0.05, 0) is 44.0 Å². The zero-order valence-corrected chi connectivity index (χ0v) is 13.9. The minimum Gasteiger partial charge on any atom is -0.383 e. The number of anilines is 2. The van der Waals surface area contributed by atoms with Gasteiger partial charge >= 0.3 is 0 Å². The van der Waals surface area contributed by atoms with Gasteiger partial charge in [0.1, 0.15) is 17.3 Å². The fraction of sp³-hybridized carbons (Fsp3) is 0.353. The first-order chi connectivity index (χ1) is 11.0. The van der Waals surface area contributed by atoms with Crippen LogP contribution in [0.2, 0.25) is 0 Å². The Balaban J connectivity index is 2.13. The molecule has 0 aliphatic carbocycles. The zero-order valence-electron chi connectivity index (χ0n) is 13.9. The molecule has 2 aromatic rings. The van der Waals surface area contributed by atoms with Crippen LogP contribution in [0.3, 0.4) is 0 Å². The van der Waals surface area contributed by atoms with Gasteiger partial charge in [0.15, 0.2) is 0 Å². The molecule has 2 N–H and O–H groups in total. The number of rotatable bonds is 6. The largest absolute Gasteiger partial charge is 0.383 e. The molecule has 1 amide bonds. The van der Waals surface area contributed by atoms with Crippen molar-refractivity contribution in [2.75, 3.05) is 30.9 Å². The predicted octanol–water partition coefficient (Wildman–Crippen LogP) is 2.71. The van der Waals surface area contributed by atoms with Crippen LogP contribution in [0.15, 0.2) is 24.3 Å². The molecule has 0 radical (unpaired) electrons. The SMILES string of the molecule is COCCNc1cc(C(=O)Nc2ccc(C)c(C)c2)nc(C)n1. The van der Waals surface area contributed by atoms with E-state index >= 15 is 0 Å². The van der Waals surface area contributed by atoms with Gasteiger partial charge in [-0.2, -0.15) is 0 Å². The quantitative estimate of drug-likeness (QED) is 0.802. The number of benzene rings is 1. The molecule has 0 fully saturated rings. The molecule has 0 aliphatic rings. The van der Waals surface area contributed by atoms with Gasteiger partial charge in [0, 0.05) is 25.4 Å². The first-order valence-corrected chi connectivity index (χ1v) is 7.46. The predicted molar refractivity (Wildman–Crippen MR) is 91.0 cm³/mol. The average Bonchev–Trinajstić information content (AvgIpc) is 2.51. The summed E-state index contributed by atoms with van der Waals surface area (Å²) in [6, 6.07) is 7.44. The van der Waals surface area contributed by atoms with E-state index in [4.69, 9.17) is 4.74 Å². The van der Waals surface area contributed by atoms with Gasteiger partial charge in [-0.25, -0.2) is 9.97 Å². The van der Waals surface area contributed by atoms with Crippen LogP contribution in [0.1, 0.15) is 27.4 Å². The van der Waals surface area contributed by atoms with Crippen LogP contribution in [-0.2, 0) is 4.74 Å². The van der Waals surface area contributed by atoms with Crippen LogP contribution < -0.4 is 10.6 Å². The molecule has 0 atom stereocenters. The Morgan fingerprint density at radius 2 is 1.91 bits per heavy atom. The zero-order chi connectivity index (χ0) is 16.8. The first kappa shape index (κ1) is 16.9. The lowest BCUT2D eigenvalue weighted by molar-refractivity contribution is 0.102. The summed E-state index contributed by atoms with van der Waals surface area (Å²) in [5.41, 5.74) is 3.40. The number of methoxy groups -OCH3 is 1. The van der Waals surface area contributed by atoms with E-state index in [1.54, 1.807) is 20.1 Å². The molecule has 0 spiro atoms. The summed E-state index contributed by atoms with van der Waals surface area (Å²) >= 11 is 0. The van der Waals surface area contributed by atoms with Crippen molar-refractivity contribution in [3.63, 3.8) is 0 Å².